The summed E-state index contributed by atoms with van der Waals surface area (Å²) in [6.45, 7) is 0.0130. The van der Waals surface area contributed by atoms with Gasteiger partial charge in [-0.05, 0) is 18.6 Å². The van der Waals surface area contributed by atoms with Crippen molar-refractivity contribution in [1.82, 2.24) is 10.3 Å². The van der Waals surface area contributed by atoms with Crippen molar-refractivity contribution in [3.63, 3.8) is 0 Å². The third-order valence-electron chi connectivity index (χ3n) is 3.04. The van der Waals surface area contributed by atoms with Crippen molar-refractivity contribution in [3.8, 4) is 0 Å². The summed E-state index contributed by atoms with van der Waals surface area (Å²) in [7, 11) is 0. The number of hydrogen-bond acceptors (Lipinski definition) is 3. The number of rotatable bonds is 3. The number of amides is 2. The SMILES string of the molecule is O=C(Nc1ccc(C(F)(F)F)nc1)N[C@@H]1C=C[C@H](CO)C1. The molecule has 21 heavy (non-hydrogen) atoms. The lowest BCUT2D eigenvalue weighted by Gasteiger charge is -2.13. The maximum atomic E-state index is 12.3. The monoisotopic (exact) mass is 301 g/mol. The zero-order valence-electron chi connectivity index (χ0n) is 10.9. The van der Waals surface area contributed by atoms with Crippen molar-refractivity contribution >= 4 is 11.7 Å². The van der Waals surface area contributed by atoms with E-state index >= 15 is 0 Å². The van der Waals surface area contributed by atoms with Crippen molar-refractivity contribution < 1.29 is 23.1 Å². The molecule has 0 radical (unpaired) electrons. The van der Waals surface area contributed by atoms with Crippen LogP contribution in [-0.4, -0.2) is 28.8 Å². The Morgan fingerprint density at radius 2 is 2.14 bits per heavy atom. The molecule has 1 aromatic rings. The minimum absolute atomic E-state index is 0.0130. The van der Waals surface area contributed by atoms with E-state index < -0.39 is 17.9 Å². The first-order valence-corrected chi connectivity index (χ1v) is 6.28. The molecule has 2 amide bonds. The fraction of sp³-hybridized carbons (Fsp3) is 0.385. The summed E-state index contributed by atoms with van der Waals surface area (Å²) < 4.78 is 37.0. The number of aliphatic hydroxyl groups excluding tert-OH is 1. The van der Waals surface area contributed by atoms with Crippen LogP contribution in [0.2, 0.25) is 0 Å². The lowest BCUT2D eigenvalue weighted by atomic mass is 10.1. The van der Waals surface area contributed by atoms with Gasteiger partial charge in [0.25, 0.3) is 0 Å². The second-order valence-electron chi connectivity index (χ2n) is 4.70. The van der Waals surface area contributed by atoms with Crippen molar-refractivity contribution in [1.29, 1.82) is 0 Å². The molecule has 0 aromatic carbocycles. The Labute approximate surface area is 118 Å². The minimum atomic E-state index is -4.51. The van der Waals surface area contributed by atoms with E-state index in [-0.39, 0.29) is 24.3 Å². The normalized spacial score (nSPS) is 21.3. The van der Waals surface area contributed by atoms with Gasteiger partial charge < -0.3 is 15.7 Å². The van der Waals surface area contributed by atoms with Gasteiger partial charge in [-0.1, -0.05) is 12.2 Å². The first kappa shape index (κ1) is 15.3. The molecule has 0 unspecified atom stereocenters. The van der Waals surface area contributed by atoms with Crippen LogP contribution in [0.1, 0.15) is 12.1 Å². The number of alkyl halides is 3. The van der Waals surface area contributed by atoms with Gasteiger partial charge in [-0.2, -0.15) is 13.2 Å². The van der Waals surface area contributed by atoms with Gasteiger partial charge in [-0.15, -0.1) is 0 Å². The lowest BCUT2D eigenvalue weighted by molar-refractivity contribution is -0.141. The topological polar surface area (TPSA) is 74.2 Å². The Bertz CT molecular complexity index is 528. The Morgan fingerprint density at radius 1 is 1.38 bits per heavy atom. The maximum absolute atomic E-state index is 12.3. The molecule has 0 saturated heterocycles. The van der Waals surface area contributed by atoms with E-state index in [0.29, 0.717) is 6.42 Å². The van der Waals surface area contributed by atoms with Crippen LogP contribution in [0, 0.1) is 5.92 Å². The van der Waals surface area contributed by atoms with Crippen molar-refractivity contribution in [2.45, 2.75) is 18.6 Å². The Morgan fingerprint density at radius 3 is 2.67 bits per heavy atom. The average Bonchev–Trinajstić information content (AvgIpc) is 2.85. The molecule has 1 aromatic heterocycles. The molecule has 114 valence electrons. The highest BCUT2D eigenvalue weighted by molar-refractivity contribution is 5.89. The van der Waals surface area contributed by atoms with Gasteiger partial charge >= 0.3 is 12.2 Å². The fourth-order valence-electron chi connectivity index (χ4n) is 1.99. The number of pyridine rings is 1. The molecule has 3 N–H and O–H groups in total. The summed E-state index contributed by atoms with van der Waals surface area (Å²) in [6, 6.07) is 1.19. The summed E-state index contributed by atoms with van der Waals surface area (Å²) >= 11 is 0. The van der Waals surface area contributed by atoms with Gasteiger partial charge in [0.1, 0.15) is 5.69 Å². The van der Waals surface area contributed by atoms with Crippen LogP contribution in [-0.2, 0) is 6.18 Å². The number of aromatic nitrogens is 1. The molecule has 2 atom stereocenters. The molecule has 8 heteroatoms. The largest absolute Gasteiger partial charge is 0.433 e. The van der Waals surface area contributed by atoms with Crippen LogP contribution >= 0.6 is 0 Å². The van der Waals surface area contributed by atoms with E-state index in [1.807, 2.05) is 6.08 Å². The summed E-state index contributed by atoms with van der Waals surface area (Å²) in [5.74, 6) is 0.0167. The van der Waals surface area contributed by atoms with E-state index in [1.54, 1.807) is 6.08 Å². The van der Waals surface area contributed by atoms with E-state index in [0.717, 1.165) is 18.3 Å². The highest BCUT2D eigenvalue weighted by atomic mass is 19.4. The van der Waals surface area contributed by atoms with Crippen molar-refractivity contribution in [3.05, 3.63) is 36.2 Å². The third kappa shape index (κ3) is 4.19. The van der Waals surface area contributed by atoms with Gasteiger partial charge in [0, 0.05) is 18.6 Å². The number of carbonyl (C=O) groups excluding carboxylic acids is 1. The van der Waals surface area contributed by atoms with Crippen LogP contribution in [0.5, 0.6) is 0 Å². The Hall–Kier alpha value is -2.09. The fourth-order valence-corrected chi connectivity index (χ4v) is 1.99. The van der Waals surface area contributed by atoms with Crippen molar-refractivity contribution in [2.24, 2.45) is 5.92 Å². The van der Waals surface area contributed by atoms with E-state index in [4.69, 9.17) is 5.11 Å². The highest BCUT2D eigenvalue weighted by Crippen LogP contribution is 2.27. The number of nitrogens with one attached hydrogen (secondary N) is 2. The predicted molar refractivity (Wildman–Crippen MR) is 69.5 cm³/mol. The van der Waals surface area contributed by atoms with E-state index in [2.05, 4.69) is 15.6 Å². The lowest BCUT2D eigenvalue weighted by Crippen LogP contribution is -2.36. The zero-order chi connectivity index (χ0) is 15.5. The maximum Gasteiger partial charge on any atom is 0.433 e. The standard InChI is InChI=1S/C13H14F3N3O2/c14-13(15,16)11-4-3-10(6-17-11)19-12(21)18-9-2-1-8(5-9)7-20/h1-4,6,8-9,20H,5,7H2,(H2,18,19,21)/t8-,9+/m0/s1. The summed E-state index contributed by atoms with van der Waals surface area (Å²) in [5, 5.41) is 14.0. The van der Waals surface area contributed by atoms with Gasteiger partial charge in [-0.3, -0.25) is 0 Å². The number of aliphatic hydroxyl groups is 1. The first-order chi connectivity index (χ1) is 9.88. The zero-order valence-corrected chi connectivity index (χ0v) is 10.9. The van der Waals surface area contributed by atoms with E-state index in [9.17, 15) is 18.0 Å². The van der Waals surface area contributed by atoms with Gasteiger partial charge in [0.15, 0.2) is 0 Å². The second kappa shape index (κ2) is 6.13. The van der Waals surface area contributed by atoms with Gasteiger partial charge in [-0.25, -0.2) is 9.78 Å². The molecule has 5 nitrogen and oxygen atoms in total. The molecule has 1 aliphatic rings. The number of urea groups is 1. The van der Waals surface area contributed by atoms with Crippen LogP contribution in [0.3, 0.4) is 0 Å². The number of nitrogens with zero attached hydrogens (tertiary/aromatic N) is 1. The Kier molecular flexibility index (Phi) is 4.46. The first-order valence-electron chi connectivity index (χ1n) is 6.28. The molecule has 0 aliphatic heterocycles. The quantitative estimate of drug-likeness (QED) is 0.749. The summed E-state index contributed by atoms with van der Waals surface area (Å²) in [6.07, 6.45) is 0.615. The number of halogens is 3. The van der Waals surface area contributed by atoms with E-state index in [1.165, 1.54) is 0 Å². The molecular weight excluding hydrogens is 287 g/mol. The summed E-state index contributed by atoms with van der Waals surface area (Å²) in [4.78, 5) is 14.9. The van der Waals surface area contributed by atoms with Crippen LogP contribution in [0.25, 0.3) is 0 Å². The molecule has 1 aliphatic carbocycles. The molecular formula is C13H14F3N3O2. The third-order valence-corrected chi connectivity index (χ3v) is 3.04. The number of carbonyl (C=O) groups is 1. The van der Waals surface area contributed by atoms with Crippen molar-refractivity contribution in [2.75, 3.05) is 11.9 Å². The second-order valence-corrected chi connectivity index (χ2v) is 4.70. The number of hydrogen-bond donors (Lipinski definition) is 3. The predicted octanol–water partition coefficient (Wildman–Crippen LogP) is 2.16. The molecule has 0 bridgehead atoms. The molecule has 0 spiro atoms. The van der Waals surface area contributed by atoms with Gasteiger partial charge in [0.05, 0.1) is 11.9 Å². The summed E-state index contributed by atoms with van der Waals surface area (Å²) in [5.41, 5.74) is -0.848. The Balaban J connectivity index is 1.87. The van der Waals surface area contributed by atoms with Crippen LogP contribution in [0.15, 0.2) is 30.5 Å². The number of anilines is 1. The van der Waals surface area contributed by atoms with Crippen LogP contribution in [0.4, 0.5) is 23.7 Å². The minimum Gasteiger partial charge on any atom is -0.396 e. The highest BCUT2D eigenvalue weighted by Gasteiger charge is 2.32. The van der Waals surface area contributed by atoms with Gasteiger partial charge in [0.2, 0.25) is 0 Å². The molecule has 1 heterocycles. The molecule has 0 saturated carbocycles. The smallest absolute Gasteiger partial charge is 0.396 e. The molecule has 2 rings (SSSR count). The average molecular weight is 301 g/mol. The van der Waals surface area contributed by atoms with Crippen LogP contribution < -0.4 is 10.6 Å². The molecule has 0 fully saturated rings.